The number of carbonyl (C=O) groups is 1. The number of carbonyl (C=O) groups excluding carboxylic acids is 1. The summed E-state index contributed by atoms with van der Waals surface area (Å²) < 4.78 is 8.77. The maximum atomic E-state index is 12.6. The summed E-state index contributed by atoms with van der Waals surface area (Å²) >= 11 is 9.05. The average Bonchev–Trinajstić information content (AvgIpc) is 2.72. The number of rotatable bonds is 6. The van der Waals surface area contributed by atoms with E-state index in [1.807, 2.05) is 54.6 Å². The van der Waals surface area contributed by atoms with Crippen LogP contribution >= 0.6 is 54.5 Å². The first kappa shape index (κ1) is 22.5. The predicted molar refractivity (Wildman–Crippen MR) is 134 cm³/mol. The quantitative estimate of drug-likeness (QED) is 0.181. The smallest absolute Gasteiger partial charge is 0.266 e. The lowest BCUT2D eigenvalue weighted by Gasteiger charge is -2.11. The van der Waals surface area contributed by atoms with Crippen LogP contribution < -0.4 is 10.1 Å². The minimum Gasteiger partial charge on any atom is -0.488 e. The lowest BCUT2D eigenvalue weighted by Crippen LogP contribution is -2.13. The van der Waals surface area contributed by atoms with E-state index in [-0.39, 0.29) is 5.57 Å². The minimum absolute atomic E-state index is 0.0211. The van der Waals surface area contributed by atoms with Gasteiger partial charge in [0.25, 0.3) is 5.91 Å². The number of hydrogen-bond donors (Lipinski definition) is 1. The van der Waals surface area contributed by atoms with E-state index in [0.717, 1.165) is 18.1 Å². The number of benzene rings is 3. The standard InChI is InChI=1S/C23H15Br2IN2O2/c24-18-2-1-3-21(12-18)28-23(29)17(13-27)10-16-11-19(25)6-9-22(16)30-14-15-4-7-20(26)8-5-15/h1-12H,14H2,(H,28,29)/b17-10-. The lowest BCUT2D eigenvalue weighted by atomic mass is 10.1. The first-order chi connectivity index (χ1) is 14.4. The van der Waals surface area contributed by atoms with Crippen LogP contribution in [0.3, 0.4) is 0 Å². The molecule has 150 valence electrons. The Morgan fingerprint density at radius 2 is 1.80 bits per heavy atom. The zero-order valence-corrected chi connectivity index (χ0v) is 20.9. The van der Waals surface area contributed by atoms with Crippen LogP contribution in [0.1, 0.15) is 11.1 Å². The van der Waals surface area contributed by atoms with Crippen LogP contribution in [0.4, 0.5) is 5.69 Å². The number of hydrogen-bond acceptors (Lipinski definition) is 3. The molecule has 0 saturated carbocycles. The summed E-state index contributed by atoms with van der Waals surface area (Å²) in [5.41, 5.74) is 2.24. The molecule has 7 heteroatoms. The number of ether oxygens (including phenoxy) is 1. The predicted octanol–water partition coefficient (Wildman–Crippen LogP) is 6.94. The highest BCUT2D eigenvalue weighted by Gasteiger charge is 2.12. The van der Waals surface area contributed by atoms with Gasteiger partial charge < -0.3 is 10.1 Å². The van der Waals surface area contributed by atoms with Crippen LogP contribution in [0.2, 0.25) is 0 Å². The molecule has 1 amide bonds. The summed E-state index contributed by atoms with van der Waals surface area (Å²) in [5.74, 6) is 0.0962. The zero-order valence-electron chi connectivity index (χ0n) is 15.5. The Morgan fingerprint density at radius 1 is 1.07 bits per heavy atom. The number of nitriles is 1. The van der Waals surface area contributed by atoms with Gasteiger partial charge in [0, 0.05) is 23.8 Å². The molecule has 0 unspecified atom stereocenters. The molecule has 0 atom stereocenters. The third-order valence-electron chi connectivity index (χ3n) is 4.03. The molecule has 3 aromatic rings. The Balaban J connectivity index is 1.82. The van der Waals surface area contributed by atoms with E-state index in [1.54, 1.807) is 18.2 Å². The summed E-state index contributed by atoms with van der Waals surface area (Å²) in [7, 11) is 0. The van der Waals surface area contributed by atoms with Crippen molar-refractivity contribution in [3.63, 3.8) is 0 Å². The van der Waals surface area contributed by atoms with E-state index in [2.05, 4.69) is 59.8 Å². The summed E-state index contributed by atoms with van der Waals surface area (Å²) in [6, 6.07) is 22.7. The van der Waals surface area contributed by atoms with Gasteiger partial charge in [-0.2, -0.15) is 5.26 Å². The van der Waals surface area contributed by atoms with Crippen molar-refractivity contribution in [2.24, 2.45) is 0 Å². The van der Waals surface area contributed by atoms with Gasteiger partial charge in [-0.3, -0.25) is 4.79 Å². The van der Waals surface area contributed by atoms with Gasteiger partial charge >= 0.3 is 0 Å². The Morgan fingerprint density at radius 3 is 2.50 bits per heavy atom. The van der Waals surface area contributed by atoms with E-state index >= 15 is 0 Å². The Kier molecular flexibility index (Phi) is 8.08. The van der Waals surface area contributed by atoms with Gasteiger partial charge in [-0.15, -0.1) is 0 Å². The number of amides is 1. The van der Waals surface area contributed by atoms with Crippen LogP contribution in [0.5, 0.6) is 5.75 Å². The number of nitrogens with zero attached hydrogens (tertiary/aromatic N) is 1. The summed E-state index contributed by atoms with van der Waals surface area (Å²) in [4.78, 5) is 12.6. The summed E-state index contributed by atoms with van der Waals surface area (Å²) in [6.07, 6.45) is 1.53. The number of nitrogens with one attached hydrogen (secondary N) is 1. The van der Waals surface area contributed by atoms with Gasteiger partial charge in [0.15, 0.2) is 0 Å². The molecular weight excluding hydrogens is 623 g/mol. The molecule has 0 radical (unpaired) electrons. The van der Waals surface area contributed by atoms with Gasteiger partial charge in [-0.05, 0) is 82.8 Å². The number of anilines is 1. The second-order valence-corrected chi connectivity index (χ2v) is 9.31. The van der Waals surface area contributed by atoms with E-state index in [4.69, 9.17) is 4.74 Å². The molecule has 0 aliphatic carbocycles. The largest absolute Gasteiger partial charge is 0.488 e. The minimum atomic E-state index is -0.487. The van der Waals surface area contributed by atoms with Crippen LogP contribution in [-0.2, 0) is 11.4 Å². The normalized spacial score (nSPS) is 10.9. The summed E-state index contributed by atoms with van der Waals surface area (Å²) in [6.45, 7) is 0.380. The SMILES string of the molecule is N#C/C(=C/c1cc(Br)ccc1OCc1ccc(I)cc1)C(=O)Nc1cccc(Br)c1. The van der Waals surface area contributed by atoms with Crippen LogP contribution in [0, 0.1) is 14.9 Å². The second kappa shape index (κ2) is 10.8. The fourth-order valence-corrected chi connectivity index (χ4v) is 3.71. The topological polar surface area (TPSA) is 62.1 Å². The van der Waals surface area contributed by atoms with Crippen molar-refractivity contribution in [2.45, 2.75) is 6.61 Å². The van der Waals surface area contributed by atoms with Crippen molar-refractivity contribution < 1.29 is 9.53 Å². The fourth-order valence-electron chi connectivity index (χ4n) is 2.57. The molecule has 0 aliphatic rings. The highest BCUT2D eigenvalue weighted by atomic mass is 127. The Bertz CT molecular complexity index is 1140. The Labute approximate surface area is 205 Å². The third kappa shape index (κ3) is 6.42. The number of halogens is 3. The molecule has 0 saturated heterocycles. The van der Waals surface area contributed by atoms with Crippen molar-refractivity contribution in [2.75, 3.05) is 5.32 Å². The highest BCUT2D eigenvalue weighted by Crippen LogP contribution is 2.27. The first-order valence-electron chi connectivity index (χ1n) is 8.80. The average molecular weight is 638 g/mol. The molecule has 1 N–H and O–H groups in total. The first-order valence-corrected chi connectivity index (χ1v) is 11.5. The van der Waals surface area contributed by atoms with Gasteiger partial charge in [0.1, 0.15) is 24.0 Å². The molecule has 0 fully saturated rings. The molecule has 0 aliphatic heterocycles. The molecule has 3 rings (SSSR count). The maximum absolute atomic E-state index is 12.6. The molecule has 4 nitrogen and oxygen atoms in total. The molecular formula is C23H15Br2IN2O2. The van der Waals surface area contributed by atoms with Gasteiger partial charge in [0.2, 0.25) is 0 Å². The van der Waals surface area contributed by atoms with E-state index < -0.39 is 5.91 Å². The van der Waals surface area contributed by atoms with Gasteiger partial charge in [0.05, 0.1) is 0 Å². The van der Waals surface area contributed by atoms with Gasteiger partial charge in [-0.1, -0.05) is 50.1 Å². The molecule has 0 spiro atoms. The summed E-state index contributed by atoms with van der Waals surface area (Å²) in [5, 5.41) is 12.3. The molecule has 30 heavy (non-hydrogen) atoms. The van der Waals surface area contributed by atoms with Crippen molar-refractivity contribution in [3.05, 3.63) is 95.9 Å². The second-order valence-electron chi connectivity index (χ2n) is 6.23. The van der Waals surface area contributed by atoms with Crippen molar-refractivity contribution >= 4 is 72.1 Å². The monoisotopic (exact) mass is 636 g/mol. The van der Waals surface area contributed by atoms with Crippen LogP contribution in [0.25, 0.3) is 6.08 Å². The highest BCUT2D eigenvalue weighted by molar-refractivity contribution is 14.1. The van der Waals surface area contributed by atoms with Gasteiger partial charge in [-0.25, -0.2) is 0 Å². The Hall–Kier alpha value is -2.15. The van der Waals surface area contributed by atoms with Crippen molar-refractivity contribution in [1.29, 1.82) is 5.26 Å². The van der Waals surface area contributed by atoms with E-state index in [1.165, 1.54) is 6.08 Å². The van der Waals surface area contributed by atoms with E-state index in [0.29, 0.717) is 23.6 Å². The molecule has 0 aromatic heterocycles. The molecule has 0 heterocycles. The molecule has 3 aromatic carbocycles. The lowest BCUT2D eigenvalue weighted by molar-refractivity contribution is -0.112. The van der Waals surface area contributed by atoms with Crippen LogP contribution in [-0.4, -0.2) is 5.91 Å². The fraction of sp³-hybridized carbons (Fsp3) is 0.0435. The van der Waals surface area contributed by atoms with Crippen molar-refractivity contribution in [1.82, 2.24) is 0 Å². The van der Waals surface area contributed by atoms with Crippen molar-refractivity contribution in [3.8, 4) is 11.8 Å². The molecule has 0 bridgehead atoms. The maximum Gasteiger partial charge on any atom is 0.266 e. The van der Waals surface area contributed by atoms with E-state index in [9.17, 15) is 10.1 Å². The third-order valence-corrected chi connectivity index (χ3v) is 5.73. The van der Waals surface area contributed by atoms with Crippen LogP contribution in [0.15, 0.2) is 81.2 Å². The zero-order chi connectivity index (χ0) is 21.5.